The second-order valence-corrected chi connectivity index (χ2v) is 15.4. The van der Waals surface area contributed by atoms with Crippen molar-refractivity contribution in [3.8, 4) is 0 Å². The average Bonchev–Trinajstić information content (AvgIpc) is 3.93. The monoisotopic (exact) mass is 754 g/mol. The summed E-state index contributed by atoms with van der Waals surface area (Å²) in [7, 11) is 3.38. The van der Waals surface area contributed by atoms with Gasteiger partial charge in [-0.05, 0) is 125 Å². The first-order chi connectivity index (χ1) is 26.8. The van der Waals surface area contributed by atoms with Crippen LogP contribution in [0.1, 0.15) is 75.4 Å². The molecule has 2 amide bonds. The number of aromatic nitrogens is 3. The standard InChI is InChI=1S/C44H50N8O4/c1-26(47-40(53)36-13-9-11-19-45-36)21-35-28(3)38-23-33-16-15-31(49-33)22-32-17-18-34(50-32)25-42(6)39(55-7)29(4)44(52-42,56-8)30(5)43(35,51-38)24-27(2)48-41(54)37-14-10-12-20-46-37/h9-20,22-23,25-27,30,49,52H,21,24H2,1-8H3,(H,47,53)(H,48,54)/b31-22-,33-23-,34-25-. The number of hydrogen-bond acceptors (Lipinski definition) is 9. The van der Waals surface area contributed by atoms with Crippen molar-refractivity contribution in [1.29, 1.82) is 0 Å². The second-order valence-electron chi connectivity index (χ2n) is 15.4. The van der Waals surface area contributed by atoms with Crippen LogP contribution in [-0.2, 0) is 9.47 Å². The van der Waals surface area contributed by atoms with E-state index in [9.17, 15) is 9.59 Å². The molecule has 0 saturated carbocycles. The molecule has 4 aliphatic heterocycles. The number of H-pyrrole nitrogens is 1. The lowest BCUT2D eigenvalue weighted by Crippen LogP contribution is -2.62. The Morgan fingerprint density at radius 3 is 2.14 bits per heavy atom. The van der Waals surface area contributed by atoms with Gasteiger partial charge in [0.1, 0.15) is 22.9 Å². The van der Waals surface area contributed by atoms with Gasteiger partial charge in [0.15, 0.2) is 0 Å². The van der Waals surface area contributed by atoms with Gasteiger partial charge in [0, 0.05) is 53.8 Å². The van der Waals surface area contributed by atoms with E-state index in [2.05, 4.69) is 63.8 Å². The van der Waals surface area contributed by atoms with Gasteiger partial charge < -0.3 is 25.1 Å². The number of aliphatic imine (C=N–C) groups is 2. The number of pyridine rings is 2. The summed E-state index contributed by atoms with van der Waals surface area (Å²) in [6, 6.07) is 13.9. The fourth-order valence-electron chi connectivity index (χ4n) is 8.95. The minimum absolute atomic E-state index is 0.262. The SMILES string of the molecule is COC1=C(C)C2(OC)NC1(C)/C=C1/C=CC(=N1)/C=c1/cc/c([nH]1)=C/C1=NC(CC(C)NC(=O)c3ccccn3)(C(CC(C)NC(=O)c3ccccn3)=C1C)C2C. The van der Waals surface area contributed by atoms with Crippen LogP contribution in [0, 0.1) is 5.92 Å². The normalized spacial score (nSPS) is 28.6. The molecule has 6 unspecified atom stereocenters. The predicted molar refractivity (Wildman–Crippen MR) is 218 cm³/mol. The number of methoxy groups -OCH3 is 2. The third kappa shape index (κ3) is 6.99. The molecule has 3 aromatic rings. The first kappa shape index (κ1) is 38.6. The summed E-state index contributed by atoms with van der Waals surface area (Å²) in [5, 5.41) is 12.1. The van der Waals surface area contributed by atoms with E-state index in [1.807, 2.05) is 51.1 Å². The van der Waals surface area contributed by atoms with Crippen molar-refractivity contribution in [3.63, 3.8) is 0 Å². The van der Waals surface area contributed by atoms with Crippen LogP contribution in [0.3, 0.4) is 0 Å². The Hall–Kier alpha value is -5.72. The zero-order valence-electron chi connectivity index (χ0n) is 33.2. The molecule has 3 aromatic heterocycles. The lowest BCUT2D eigenvalue weighted by atomic mass is 9.67. The van der Waals surface area contributed by atoms with E-state index in [0.29, 0.717) is 24.2 Å². The molecular weight excluding hydrogens is 705 g/mol. The Balaban J connectivity index is 1.42. The van der Waals surface area contributed by atoms with Gasteiger partial charge in [0.25, 0.3) is 11.8 Å². The van der Waals surface area contributed by atoms with Crippen LogP contribution >= 0.6 is 0 Å². The van der Waals surface area contributed by atoms with Crippen LogP contribution in [0.2, 0.25) is 0 Å². The zero-order chi connectivity index (χ0) is 39.8. The third-order valence-electron chi connectivity index (χ3n) is 11.5. The minimum atomic E-state index is -1.11. The van der Waals surface area contributed by atoms with Crippen LogP contribution < -0.4 is 26.6 Å². The molecule has 0 spiro atoms. The largest absolute Gasteiger partial charge is 0.499 e. The third-order valence-corrected chi connectivity index (χ3v) is 11.5. The number of amides is 2. The number of rotatable bonds is 10. The highest BCUT2D eigenvalue weighted by atomic mass is 16.5. The van der Waals surface area contributed by atoms with Crippen LogP contribution in [0.4, 0.5) is 0 Å². The summed E-state index contributed by atoms with van der Waals surface area (Å²) in [5.41, 5.74) is 3.04. The highest BCUT2D eigenvalue weighted by Crippen LogP contribution is 2.53. The molecule has 0 aliphatic carbocycles. The molecule has 56 heavy (non-hydrogen) atoms. The molecule has 8 bridgehead atoms. The number of ether oxygens (including phenoxy) is 2. The van der Waals surface area contributed by atoms with Crippen LogP contribution in [0.25, 0.3) is 12.2 Å². The van der Waals surface area contributed by atoms with Gasteiger partial charge in [-0.2, -0.15) is 0 Å². The van der Waals surface area contributed by atoms with Crippen molar-refractivity contribution in [1.82, 2.24) is 30.9 Å². The summed E-state index contributed by atoms with van der Waals surface area (Å²) in [6.45, 7) is 12.3. The first-order valence-corrected chi connectivity index (χ1v) is 19.0. The number of nitrogens with zero attached hydrogens (tertiary/aromatic N) is 4. The smallest absolute Gasteiger partial charge is 0.270 e. The number of carbonyl (C=O) groups excluding carboxylic acids is 2. The fraction of sp³-hybridized carbons (Fsp3) is 0.364. The average molecular weight is 755 g/mol. The van der Waals surface area contributed by atoms with Crippen molar-refractivity contribution in [2.45, 2.75) is 83.3 Å². The molecule has 0 fully saturated rings. The molecule has 0 radical (unpaired) electrons. The number of carbonyl (C=O) groups is 2. The van der Waals surface area contributed by atoms with E-state index in [0.717, 1.165) is 50.3 Å². The summed E-state index contributed by atoms with van der Waals surface area (Å²) in [4.78, 5) is 49.8. The molecule has 4 N–H and O–H groups in total. The van der Waals surface area contributed by atoms with Gasteiger partial charge in [0.05, 0.1) is 35.3 Å². The van der Waals surface area contributed by atoms with Crippen molar-refractivity contribution >= 4 is 35.4 Å². The van der Waals surface area contributed by atoms with Gasteiger partial charge in [-0.1, -0.05) is 19.1 Å². The van der Waals surface area contributed by atoms with Crippen molar-refractivity contribution in [2.75, 3.05) is 14.2 Å². The molecule has 12 nitrogen and oxygen atoms in total. The maximum atomic E-state index is 13.6. The second kappa shape index (κ2) is 15.1. The molecule has 12 heteroatoms. The molecule has 4 aliphatic rings. The van der Waals surface area contributed by atoms with E-state index in [-0.39, 0.29) is 23.9 Å². The van der Waals surface area contributed by atoms with Crippen LogP contribution in [0.15, 0.2) is 117 Å². The first-order valence-electron chi connectivity index (χ1n) is 19.0. The Labute approximate surface area is 327 Å². The van der Waals surface area contributed by atoms with Crippen LogP contribution in [0.5, 0.6) is 0 Å². The van der Waals surface area contributed by atoms with Gasteiger partial charge in [-0.15, -0.1) is 0 Å². The van der Waals surface area contributed by atoms with Gasteiger partial charge in [-0.3, -0.25) is 29.9 Å². The lowest BCUT2D eigenvalue weighted by Gasteiger charge is -2.48. The van der Waals surface area contributed by atoms with Crippen molar-refractivity contribution < 1.29 is 19.1 Å². The van der Waals surface area contributed by atoms with Gasteiger partial charge in [-0.25, -0.2) is 4.99 Å². The highest BCUT2D eigenvalue weighted by molar-refractivity contribution is 6.22. The Morgan fingerprint density at radius 2 is 1.54 bits per heavy atom. The highest BCUT2D eigenvalue weighted by Gasteiger charge is 2.61. The van der Waals surface area contributed by atoms with E-state index in [4.69, 9.17) is 19.5 Å². The number of aromatic amines is 1. The zero-order valence-corrected chi connectivity index (χ0v) is 33.2. The van der Waals surface area contributed by atoms with Crippen LogP contribution in [-0.4, -0.2) is 81.3 Å². The van der Waals surface area contributed by atoms with Crippen molar-refractivity contribution in [3.05, 3.63) is 129 Å². The van der Waals surface area contributed by atoms with Crippen molar-refractivity contribution in [2.24, 2.45) is 15.9 Å². The van der Waals surface area contributed by atoms with Gasteiger partial charge >= 0.3 is 0 Å². The minimum Gasteiger partial charge on any atom is -0.499 e. The number of fused-ring (bicyclic) bond motifs is 6. The number of allylic oxidation sites excluding steroid dienone is 3. The maximum absolute atomic E-state index is 13.6. The van der Waals surface area contributed by atoms with E-state index < -0.39 is 22.7 Å². The Bertz CT molecular complexity index is 2360. The maximum Gasteiger partial charge on any atom is 0.270 e. The quantitative estimate of drug-likeness (QED) is 0.238. The molecule has 290 valence electrons. The fourth-order valence-corrected chi connectivity index (χ4v) is 8.95. The lowest BCUT2D eigenvalue weighted by molar-refractivity contribution is -0.0700. The number of hydrogen-bond donors (Lipinski definition) is 4. The summed E-state index contributed by atoms with van der Waals surface area (Å²) < 4.78 is 12.9. The molecule has 0 aromatic carbocycles. The van der Waals surface area contributed by atoms with E-state index in [1.54, 1.807) is 63.0 Å². The Morgan fingerprint density at radius 1 is 0.893 bits per heavy atom. The number of nitrogens with one attached hydrogen (secondary N) is 4. The topological polar surface area (TPSA) is 155 Å². The van der Waals surface area contributed by atoms with E-state index >= 15 is 0 Å². The Kier molecular flexibility index (Phi) is 10.4. The van der Waals surface area contributed by atoms with Gasteiger partial charge in [0.2, 0.25) is 0 Å². The predicted octanol–water partition coefficient (Wildman–Crippen LogP) is 4.46. The molecule has 6 atom stereocenters. The molecule has 0 saturated heterocycles. The summed E-state index contributed by atoms with van der Waals surface area (Å²) in [6.07, 6.45) is 14.2. The van der Waals surface area contributed by atoms with E-state index in [1.165, 1.54) is 0 Å². The molecular formula is C44H50N8O4. The molecule has 7 rings (SSSR count). The molecule has 7 heterocycles. The summed E-state index contributed by atoms with van der Waals surface area (Å²) in [5.74, 6) is -0.231. The summed E-state index contributed by atoms with van der Waals surface area (Å²) >= 11 is 0.